The molecule has 1 amide bonds. The van der Waals surface area contributed by atoms with Crippen molar-refractivity contribution >= 4 is 38.4 Å². The van der Waals surface area contributed by atoms with Gasteiger partial charge in [0.1, 0.15) is 5.75 Å². The van der Waals surface area contributed by atoms with Gasteiger partial charge in [-0.05, 0) is 113 Å². The number of aryl methyl sites for hydroxylation is 1. The molecule has 3 heterocycles. The van der Waals surface area contributed by atoms with Gasteiger partial charge < -0.3 is 19.9 Å². The van der Waals surface area contributed by atoms with Gasteiger partial charge in [-0.25, -0.2) is 0 Å². The Morgan fingerprint density at radius 1 is 1.23 bits per heavy atom. The molecule has 2 aliphatic rings. The SMILES string of the molecule is Cc1ccc(OC([SiH3])[C@@H]2CCN2C)cc1C(=O)NC1(c2cc(-c3ccc(CN(C)C)s3)cc3ncccc23)CC1. The molecule has 0 radical (unpaired) electrons. The number of fused-ring (bicyclic) bond motifs is 1. The van der Waals surface area contributed by atoms with Crippen molar-refractivity contribution in [1.29, 1.82) is 0 Å². The number of benzene rings is 2. The number of amides is 1. The van der Waals surface area contributed by atoms with Gasteiger partial charge in [0, 0.05) is 39.5 Å². The van der Waals surface area contributed by atoms with Gasteiger partial charge in [0.25, 0.3) is 5.91 Å². The Hall–Kier alpha value is -3.04. The molecule has 1 saturated carbocycles. The van der Waals surface area contributed by atoms with Crippen molar-refractivity contribution < 1.29 is 9.53 Å². The quantitative estimate of drug-likeness (QED) is 0.300. The van der Waals surface area contributed by atoms with Crippen LogP contribution in [0.1, 0.15) is 45.6 Å². The molecule has 1 aliphatic heterocycles. The van der Waals surface area contributed by atoms with E-state index in [1.54, 1.807) is 0 Å². The number of rotatable bonds is 9. The van der Waals surface area contributed by atoms with Crippen molar-refractivity contribution in [3.63, 3.8) is 0 Å². The lowest BCUT2D eigenvalue weighted by Crippen LogP contribution is -2.53. The van der Waals surface area contributed by atoms with Crippen molar-refractivity contribution in [3.05, 3.63) is 82.4 Å². The fraction of sp³-hybridized carbons (Fsp3) is 0.375. The number of nitrogens with one attached hydrogen (secondary N) is 1. The summed E-state index contributed by atoms with van der Waals surface area (Å²) in [5, 5.41) is 4.55. The first-order valence-corrected chi connectivity index (χ1v) is 16.1. The fourth-order valence-corrected chi connectivity index (χ4v) is 8.09. The molecule has 2 aromatic heterocycles. The summed E-state index contributed by atoms with van der Waals surface area (Å²) in [4.78, 5) is 25.6. The van der Waals surface area contributed by atoms with Crippen LogP contribution in [-0.2, 0) is 12.1 Å². The predicted octanol–water partition coefficient (Wildman–Crippen LogP) is 4.53. The summed E-state index contributed by atoms with van der Waals surface area (Å²) in [6.07, 6.45) is 4.85. The van der Waals surface area contributed by atoms with E-state index in [1.807, 2.05) is 48.7 Å². The second-order valence-corrected chi connectivity index (χ2v) is 14.1. The van der Waals surface area contributed by atoms with E-state index < -0.39 is 5.54 Å². The Morgan fingerprint density at radius 3 is 2.75 bits per heavy atom. The van der Waals surface area contributed by atoms with E-state index in [1.165, 1.54) is 16.2 Å². The van der Waals surface area contributed by atoms with E-state index in [9.17, 15) is 4.79 Å². The van der Waals surface area contributed by atoms with E-state index in [4.69, 9.17) is 9.72 Å². The average Bonchev–Trinajstić information content (AvgIpc) is 3.55. The third kappa shape index (κ3) is 5.33. The molecule has 2 atom stereocenters. The molecular formula is C32H38N4O2SSi. The van der Waals surface area contributed by atoms with Crippen LogP contribution in [0, 0.1) is 6.92 Å². The number of carbonyl (C=O) groups excluding carboxylic acids is 1. The van der Waals surface area contributed by atoms with Crippen molar-refractivity contribution in [2.75, 3.05) is 27.7 Å². The minimum Gasteiger partial charge on any atom is -0.494 e. The van der Waals surface area contributed by atoms with Crippen molar-refractivity contribution in [2.45, 2.75) is 50.0 Å². The van der Waals surface area contributed by atoms with Gasteiger partial charge in [-0.1, -0.05) is 12.1 Å². The van der Waals surface area contributed by atoms with Crippen LogP contribution < -0.4 is 10.1 Å². The van der Waals surface area contributed by atoms with Gasteiger partial charge in [-0.15, -0.1) is 11.3 Å². The molecule has 0 spiro atoms. The number of carbonyl (C=O) groups is 1. The van der Waals surface area contributed by atoms with Crippen LogP contribution in [0.2, 0.25) is 0 Å². The average molecular weight is 571 g/mol. The number of thiophene rings is 1. The van der Waals surface area contributed by atoms with Crippen LogP contribution in [-0.4, -0.2) is 70.4 Å². The first-order valence-electron chi connectivity index (χ1n) is 14.2. The van der Waals surface area contributed by atoms with Gasteiger partial charge in [-0.3, -0.25) is 9.78 Å². The lowest BCUT2D eigenvalue weighted by molar-refractivity contribution is 0.0562. The Morgan fingerprint density at radius 2 is 2.05 bits per heavy atom. The van der Waals surface area contributed by atoms with E-state index in [0.717, 1.165) is 69.5 Å². The van der Waals surface area contributed by atoms with Crippen molar-refractivity contribution in [3.8, 4) is 16.2 Å². The van der Waals surface area contributed by atoms with E-state index in [0.29, 0.717) is 11.6 Å². The van der Waals surface area contributed by atoms with Crippen molar-refractivity contribution in [2.24, 2.45) is 0 Å². The minimum atomic E-state index is -0.393. The zero-order valence-electron chi connectivity index (χ0n) is 24.0. The second-order valence-electron chi connectivity index (χ2n) is 11.8. The van der Waals surface area contributed by atoms with Crippen LogP contribution in [0.25, 0.3) is 21.3 Å². The summed E-state index contributed by atoms with van der Waals surface area (Å²) in [6, 6.07) is 19.4. The molecule has 4 aromatic rings. The maximum absolute atomic E-state index is 13.8. The topological polar surface area (TPSA) is 57.7 Å². The third-order valence-electron chi connectivity index (χ3n) is 8.42. The molecule has 1 aliphatic carbocycles. The molecule has 1 unspecified atom stereocenters. The number of likely N-dealkylation sites (N-methyl/N-ethyl adjacent to an activating group) is 1. The molecule has 1 saturated heterocycles. The lowest BCUT2D eigenvalue weighted by Gasteiger charge is -2.41. The smallest absolute Gasteiger partial charge is 0.252 e. The zero-order valence-corrected chi connectivity index (χ0v) is 26.8. The maximum Gasteiger partial charge on any atom is 0.252 e. The number of hydrogen-bond donors (Lipinski definition) is 1. The Balaban J connectivity index is 1.29. The lowest BCUT2D eigenvalue weighted by atomic mass is 9.95. The number of pyridine rings is 1. The third-order valence-corrected chi connectivity index (χ3v) is 10.5. The standard InChI is InChI=1S/C32H38N4O2SSi/c1-20-7-8-22(38-31(40)28-11-15-36(28)4)18-25(20)30(37)34-32(12-13-32)26-16-21(17-27-24(26)6-5-14-33-27)29-10-9-23(39-29)19-35(2)3/h5-10,14,16-18,28,31H,11-13,15,19H2,1-4,40H3,(H,34,37)/t28-,31?/m0/s1. The van der Waals surface area contributed by atoms with E-state index in [-0.39, 0.29) is 11.6 Å². The molecule has 1 N–H and O–H groups in total. The molecular weight excluding hydrogens is 533 g/mol. The van der Waals surface area contributed by atoms with Crippen molar-refractivity contribution in [1.82, 2.24) is 20.1 Å². The fourth-order valence-electron chi connectivity index (χ4n) is 5.86. The van der Waals surface area contributed by atoms with Gasteiger partial charge in [-0.2, -0.15) is 0 Å². The molecule has 6 nitrogen and oxygen atoms in total. The molecule has 6 rings (SSSR count). The van der Waals surface area contributed by atoms with Crippen LogP contribution >= 0.6 is 11.3 Å². The largest absolute Gasteiger partial charge is 0.494 e. The van der Waals surface area contributed by atoms with Gasteiger partial charge in [0.15, 0.2) is 0 Å². The molecule has 208 valence electrons. The number of aromatic nitrogens is 1. The van der Waals surface area contributed by atoms with E-state index in [2.05, 4.69) is 66.6 Å². The van der Waals surface area contributed by atoms with Crippen LogP contribution in [0.3, 0.4) is 0 Å². The summed E-state index contributed by atoms with van der Waals surface area (Å²) < 4.78 is 6.34. The summed E-state index contributed by atoms with van der Waals surface area (Å²) >= 11 is 1.82. The molecule has 8 heteroatoms. The van der Waals surface area contributed by atoms with E-state index >= 15 is 0 Å². The maximum atomic E-state index is 13.8. The van der Waals surface area contributed by atoms with Gasteiger partial charge in [0.2, 0.25) is 0 Å². The molecule has 40 heavy (non-hydrogen) atoms. The molecule has 2 aromatic carbocycles. The van der Waals surface area contributed by atoms with Crippen LogP contribution in [0.4, 0.5) is 0 Å². The Bertz CT molecular complexity index is 1560. The molecule has 2 fully saturated rings. The summed E-state index contributed by atoms with van der Waals surface area (Å²) in [5.74, 6) is 0.738. The van der Waals surface area contributed by atoms with Crippen LogP contribution in [0.5, 0.6) is 5.75 Å². The summed E-state index contributed by atoms with van der Waals surface area (Å²) in [5.41, 5.74) is 4.73. The predicted molar refractivity (Wildman–Crippen MR) is 167 cm³/mol. The number of nitrogens with zero attached hydrogens (tertiary/aromatic N) is 3. The summed E-state index contributed by atoms with van der Waals surface area (Å²) in [6.45, 7) is 4.05. The van der Waals surface area contributed by atoms with Gasteiger partial charge >= 0.3 is 0 Å². The molecule has 0 bridgehead atoms. The zero-order chi connectivity index (χ0) is 28.0. The highest BCUT2D eigenvalue weighted by Gasteiger charge is 2.47. The van der Waals surface area contributed by atoms with Crippen LogP contribution in [0.15, 0.2) is 60.8 Å². The highest BCUT2D eigenvalue weighted by Crippen LogP contribution is 2.49. The number of ether oxygens (including phenoxy) is 1. The second kappa shape index (κ2) is 10.7. The first-order chi connectivity index (χ1) is 19.2. The Labute approximate surface area is 243 Å². The highest BCUT2D eigenvalue weighted by atomic mass is 32.1. The summed E-state index contributed by atoms with van der Waals surface area (Å²) in [7, 11) is 7.28. The first kappa shape index (κ1) is 27.1. The Kier molecular flexibility index (Phi) is 7.29. The normalized spacial score (nSPS) is 19.0. The monoisotopic (exact) mass is 570 g/mol. The number of hydrogen-bond acceptors (Lipinski definition) is 6. The highest BCUT2D eigenvalue weighted by molar-refractivity contribution is 7.15. The minimum absolute atomic E-state index is 0.0436. The number of likely N-dealkylation sites (tertiary alicyclic amines) is 1. The van der Waals surface area contributed by atoms with Gasteiger partial charge in [0.05, 0.1) is 27.0 Å².